The van der Waals surface area contributed by atoms with Gasteiger partial charge in [0.25, 0.3) is 0 Å². The quantitative estimate of drug-likeness (QED) is 0.906. The lowest BCUT2D eigenvalue weighted by atomic mass is 10.1. The minimum Gasteiger partial charge on any atom is -0.461 e. The van der Waals surface area contributed by atoms with E-state index in [1.165, 1.54) is 5.56 Å². The molecule has 0 saturated carbocycles. The number of hydrogen-bond donors (Lipinski definition) is 1. The fourth-order valence-electron chi connectivity index (χ4n) is 1.77. The van der Waals surface area contributed by atoms with Crippen molar-refractivity contribution in [1.82, 2.24) is 15.0 Å². The first kappa shape index (κ1) is 14.2. The number of nitrogens with zero attached hydrogens (tertiary/aromatic N) is 3. The van der Waals surface area contributed by atoms with Crippen molar-refractivity contribution in [2.24, 2.45) is 0 Å². The van der Waals surface area contributed by atoms with E-state index < -0.39 is 0 Å². The third-order valence-corrected chi connectivity index (χ3v) is 2.57. The van der Waals surface area contributed by atoms with Crippen LogP contribution in [-0.4, -0.2) is 27.6 Å². The van der Waals surface area contributed by atoms with Gasteiger partial charge in [-0.3, -0.25) is 0 Å². The van der Waals surface area contributed by atoms with Crippen LogP contribution in [0.15, 0.2) is 24.3 Å². The summed E-state index contributed by atoms with van der Waals surface area (Å²) < 4.78 is 5.59. The van der Waals surface area contributed by atoms with Crippen molar-refractivity contribution in [2.75, 3.05) is 11.9 Å². The molecule has 1 aromatic heterocycles. The van der Waals surface area contributed by atoms with Gasteiger partial charge in [0.2, 0.25) is 5.95 Å². The molecule has 0 aliphatic carbocycles. The van der Waals surface area contributed by atoms with Crippen molar-refractivity contribution in [3.63, 3.8) is 0 Å². The summed E-state index contributed by atoms with van der Waals surface area (Å²) in [6.07, 6.45) is 0.0252. The van der Waals surface area contributed by atoms with Gasteiger partial charge in [0.15, 0.2) is 5.82 Å². The van der Waals surface area contributed by atoms with Gasteiger partial charge in [-0.2, -0.15) is 15.0 Å². The van der Waals surface area contributed by atoms with Crippen molar-refractivity contribution in [3.8, 4) is 17.4 Å². The molecule has 5 nitrogen and oxygen atoms in total. The van der Waals surface area contributed by atoms with Gasteiger partial charge < -0.3 is 10.1 Å². The van der Waals surface area contributed by atoms with E-state index in [1.807, 2.05) is 52.0 Å². The summed E-state index contributed by atoms with van der Waals surface area (Å²) in [7, 11) is 0. The van der Waals surface area contributed by atoms with Crippen LogP contribution in [0.2, 0.25) is 0 Å². The van der Waals surface area contributed by atoms with E-state index >= 15 is 0 Å². The second-order valence-corrected chi connectivity index (χ2v) is 4.83. The molecule has 0 fully saturated rings. The Morgan fingerprint density at radius 1 is 1.20 bits per heavy atom. The molecule has 106 valence electrons. The van der Waals surface area contributed by atoms with Crippen molar-refractivity contribution in [2.45, 2.75) is 33.8 Å². The Kier molecular flexibility index (Phi) is 4.50. The Bertz CT molecular complexity index is 584. The van der Waals surface area contributed by atoms with Crippen molar-refractivity contribution < 1.29 is 4.74 Å². The van der Waals surface area contributed by atoms with Crippen molar-refractivity contribution in [1.29, 1.82) is 0 Å². The third-order valence-electron chi connectivity index (χ3n) is 2.57. The van der Waals surface area contributed by atoms with Gasteiger partial charge in [-0.15, -0.1) is 0 Å². The first-order valence-electron chi connectivity index (χ1n) is 6.82. The van der Waals surface area contributed by atoms with Gasteiger partial charge in [-0.05, 0) is 33.8 Å². The fraction of sp³-hybridized carbons (Fsp3) is 0.400. The standard InChI is InChI=1S/C15H20N4O/c1-5-16-14-17-13(12-8-6-7-11(4)9-12)18-15(19-14)20-10(2)3/h6-10H,5H2,1-4H3,(H,16,17,18,19). The predicted octanol–water partition coefficient (Wildman–Crippen LogP) is 3.07. The Morgan fingerprint density at radius 2 is 2.00 bits per heavy atom. The third kappa shape index (κ3) is 3.66. The molecule has 0 amide bonds. The van der Waals surface area contributed by atoms with E-state index in [-0.39, 0.29) is 6.10 Å². The number of rotatable bonds is 5. The molecule has 1 heterocycles. The number of ether oxygens (including phenoxy) is 1. The van der Waals surface area contributed by atoms with Crippen molar-refractivity contribution in [3.05, 3.63) is 29.8 Å². The number of hydrogen-bond acceptors (Lipinski definition) is 5. The highest BCUT2D eigenvalue weighted by Gasteiger charge is 2.10. The molecule has 20 heavy (non-hydrogen) atoms. The summed E-state index contributed by atoms with van der Waals surface area (Å²) in [6, 6.07) is 8.41. The van der Waals surface area contributed by atoms with Crippen LogP contribution < -0.4 is 10.1 Å². The van der Waals surface area contributed by atoms with E-state index in [4.69, 9.17) is 4.74 Å². The molecule has 0 unspecified atom stereocenters. The van der Waals surface area contributed by atoms with Gasteiger partial charge in [-0.25, -0.2) is 0 Å². The molecule has 1 N–H and O–H groups in total. The van der Waals surface area contributed by atoms with Crippen LogP contribution in [0.4, 0.5) is 5.95 Å². The summed E-state index contributed by atoms with van der Waals surface area (Å²) in [4.78, 5) is 13.1. The van der Waals surface area contributed by atoms with Crippen molar-refractivity contribution >= 4 is 5.95 Å². The lowest BCUT2D eigenvalue weighted by Gasteiger charge is -2.11. The highest BCUT2D eigenvalue weighted by atomic mass is 16.5. The minimum atomic E-state index is 0.0252. The van der Waals surface area contributed by atoms with Crippen LogP contribution in [0.1, 0.15) is 26.3 Å². The van der Waals surface area contributed by atoms with Gasteiger partial charge >= 0.3 is 6.01 Å². The van der Waals surface area contributed by atoms with Gasteiger partial charge in [0.05, 0.1) is 6.10 Å². The largest absolute Gasteiger partial charge is 0.461 e. The van der Waals surface area contributed by atoms with E-state index in [0.717, 1.165) is 12.1 Å². The Morgan fingerprint density at radius 3 is 2.65 bits per heavy atom. The zero-order valence-corrected chi connectivity index (χ0v) is 12.3. The molecule has 0 bridgehead atoms. The van der Waals surface area contributed by atoms with Crippen LogP contribution in [0.5, 0.6) is 6.01 Å². The maximum absolute atomic E-state index is 5.59. The highest BCUT2D eigenvalue weighted by molar-refractivity contribution is 5.57. The number of nitrogens with one attached hydrogen (secondary N) is 1. The summed E-state index contributed by atoms with van der Waals surface area (Å²) >= 11 is 0. The Labute approximate surface area is 119 Å². The maximum atomic E-state index is 5.59. The molecule has 0 aliphatic rings. The van der Waals surface area contributed by atoms with Gasteiger partial charge in [0, 0.05) is 12.1 Å². The molecule has 2 aromatic rings. The number of benzene rings is 1. The molecule has 0 saturated heterocycles. The van der Waals surface area contributed by atoms with Crippen LogP contribution in [0, 0.1) is 6.92 Å². The number of aromatic nitrogens is 3. The second kappa shape index (κ2) is 6.32. The molecule has 1 aromatic carbocycles. The van der Waals surface area contributed by atoms with Crippen LogP contribution >= 0.6 is 0 Å². The van der Waals surface area contributed by atoms with E-state index in [9.17, 15) is 0 Å². The van der Waals surface area contributed by atoms with E-state index in [1.54, 1.807) is 0 Å². The average molecular weight is 272 g/mol. The molecule has 2 rings (SSSR count). The lowest BCUT2D eigenvalue weighted by molar-refractivity contribution is 0.222. The highest BCUT2D eigenvalue weighted by Crippen LogP contribution is 2.20. The Balaban J connectivity index is 2.43. The number of anilines is 1. The second-order valence-electron chi connectivity index (χ2n) is 4.83. The van der Waals surface area contributed by atoms with Crippen LogP contribution in [-0.2, 0) is 0 Å². The molecule has 0 atom stereocenters. The normalized spacial score (nSPS) is 10.7. The van der Waals surface area contributed by atoms with Gasteiger partial charge in [-0.1, -0.05) is 23.8 Å². The molecule has 0 spiro atoms. The zero-order valence-electron chi connectivity index (χ0n) is 12.3. The van der Waals surface area contributed by atoms with Crippen LogP contribution in [0.3, 0.4) is 0 Å². The molecular formula is C15H20N4O. The van der Waals surface area contributed by atoms with E-state index in [2.05, 4.69) is 20.3 Å². The van der Waals surface area contributed by atoms with E-state index in [0.29, 0.717) is 17.8 Å². The summed E-state index contributed by atoms with van der Waals surface area (Å²) in [5, 5.41) is 3.10. The van der Waals surface area contributed by atoms with Crippen LogP contribution in [0.25, 0.3) is 11.4 Å². The smallest absolute Gasteiger partial charge is 0.322 e. The average Bonchev–Trinajstić information content (AvgIpc) is 2.38. The summed E-state index contributed by atoms with van der Waals surface area (Å²) in [5.41, 5.74) is 2.12. The molecule has 5 heteroatoms. The zero-order chi connectivity index (χ0) is 14.5. The number of aryl methyl sites for hydroxylation is 1. The first-order valence-corrected chi connectivity index (χ1v) is 6.82. The predicted molar refractivity (Wildman–Crippen MR) is 79.9 cm³/mol. The maximum Gasteiger partial charge on any atom is 0.322 e. The lowest BCUT2D eigenvalue weighted by Crippen LogP contribution is -2.12. The summed E-state index contributed by atoms with van der Waals surface area (Å²) in [6.45, 7) is 8.69. The molecule has 0 aliphatic heterocycles. The monoisotopic (exact) mass is 272 g/mol. The molecular weight excluding hydrogens is 252 g/mol. The fourth-order valence-corrected chi connectivity index (χ4v) is 1.77. The first-order chi connectivity index (χ1) is 9.58. The topological polar surface area (TPSA) is 59.9 Å². The summed E-state index contributed by atoms with van der Waals surface area (Å²) in [5.74, 6) is 1.16. The minimum absolute atomic E-state index is 0.0252. The SMILES string of the molecule is CCNc1nc(OC(C)C)nc(-c2cccc(C)c2)n1. The Hall–Kier alpha value is -2.17. The molecule has 0 radical (unpaired) electrons. The van der Waals surface area contributed by atoms with Gasteiger partial charge in [0.1, 0.15) is 0 Å².